The Morgan fingerprint density at radius 3 is 1.17 bits per heavy atom. The maximum absolute atomic E-state index is 12.8. The zero-order chi connectivity index (χ0) is 47.7. The first-order valence-electron chi connectivity index (χ1n) is 26.7. The fourth-order valence-corrected chi connectivity index (χ4v) is 6.78. The monoisotopic (exact) mass is 911 g/mol. The van der Waals surface area contributed by atoms with Crippen molar-refractivity contribution in [1.29, 1.82) is 0 Å². The van der Waals surface area contributed by atoms with E-state index in [2.05, 4.69) is 142 Å². The van der Waals surface area contributed by atoms with Gasteiger partial charge >= 0.3 is 11.9 Å². The normalized spacial score (nSPS) is 13.3. The summed E-state index contributed by atoms with van der Waals surface area (Å²) in [6.07, 6.45) is 79.2. The molecule has 0 amide bonds. The van der Waals surface area contributed by atoms with Crippen LogP contribution in [0.5, 0.6) is 0 Å². The van der Waals surface area contributed by atoms with Crippen LogP contribution in [0.15, 0.2) is 134 Å². The van der Waals surface area contributed by atoms with E-state index in [1.165, 1.54) is 64.2 Å². The van der Waals surface area contributed by atoms with Crippen LogP contribution >= 0.6 is 0 Å². The first-order valence-corrected chi connectivity index (χ1v) is 26.7. The first kappa shape index (κ1) is 62.0. The number of unbranched alkanes of at least 4 members (excludes halogenated alkanes) is 15. The minimum absolute atomic E-state index is 0.0111. The summed E-state index contributed by atoms with van der Waals surface area (Å²) < 4.78 is 17.3. The van der Waals surface area contributed by atoms with Gasteiger partial charge in [-0.15, -0.1) is 0 Å². The van der Waals surface area contributed by atoms with Crippen molar-refractivity contribution in [3.05, 3.63) is 134 Å². The number of hydrogen-bond donors (Lipinski definition) is 0. The van der Waals surface area contributed by atoms with Gasteiger partial charge in [0.15, 0.2) is 6.10 Å². The molecule has 0 radical (unpaired) electrons. The summed E-state index contributed by atoms with van der Waals surface area (Å²) in [6.45, 7) is 7.41. The lowest BCUT2D eigenvalue weighted by atomic mass is 10.1. The molecule has 66 heavy (non-hydrogen) atoms. The van der Waals surface area contributed by atoms with Crippen LogP contribution in [0.4, 0.5) is 0 Å². The summed E-state index contributed by atoms with van der Waals surface area (Å²) in [6, 6.07) is 0. The Bertz CT molecular complexity index is 1400. The van der Waals surface area contributed by atoms with Crippen molar-refractivity contribution in [2.45, 2.75) is 219 Å². The number of allylic oxidation sites excluding steroid dienone is 21. The summed E-state index contributed by atoms with van der Waals surface area (Å²) in [7, 11) is 0. The minimum atomic E-state index is -0.600. The lowest BCUT2D eigenvalue weighted by Gasteiger charge is -2.18. The Hall–Kier alpha value is -3.96. The smallest absolute Gasteiger partial charge is 0.309 e. The zero-order valence-electron chi connectivity index (χ0n) is 42.7. The van der Waals surface area contributed by atoms with Gasteiger partial charge in [-0.05, 0) is 116 Å². The Kier molecular flexibility index (Phi) is 52.0. The van der Waals surface area contributed by atoms with Gasteiger partial charge in [0.1, 0.15) is 6.61 Å². The molecule has 0 spiro atoms. The van der Waals surface area contributed by atoms with Gasteiger partial charge in [0.05, 0.1) is 13.0 Å². The Morgan fingerprint density at radius 2 is 0.727 bits per heavy atom. The van der Waals surface area contributed by atoms with E-state index in [9.17, 15) is 9.59 Å². The van der Waals surface area contributed by atoms with Crippen LogP contribution in [0.25, 0.3) is 0 Å². The quantitative estimate of drug-likeness (QED) is 0.0346. The van der Waals surface area contributed by atoms with Crippen LogP contribution in [-0.4, -0.2) is 37.9 Å². The molecule has 0 aromatic heterocycles. The molecule has 0 saturated carbocycles. The number of esters is 2. The van der Waals surface area contributed by atoms with Crippen molar-refractivity contribution in [2.75, 3.05) is 19.8 Å². The fraction of sp³-hybridized carbons (Fsp3) is 0.607. The second-order valence-electron chi connectivity index (χ2n) is 17.0. The van der Waals surface area contributed by atoms with Crippen LogP contribution in [0.1, 0.15) is 213 Å². The van der Waals surface area contributed by atoms with E-state index in [1.54, 1.807) is 0 Å². The van der Waals surface area contributed by atoms with Crippen LogP contribution in [-0.2, 0) is 23.8 Å². The molecule has 5 nitrogen and oxygen atoms in total. The molecule has 0 heterocycles. The summed E-state index contributed by atoms with van der Waals surface area (Å²) >= 11 is 0. The molecule has 0 aromatic rings. The number of carbonyl (C=O) groups is 2. The average molecular weight is 911 g/mol. The molecule has 5 heteroatoms. The minimum Gasteiger partial charge on any atom is -0.461 e. The lowest BCUT2D eigenvalue weighted by molar-refractivity contribution is -0.162. The molecular formula is C61H98O5. The molecule has 0 aliphatic rings. The molecule has 372 valence electrons. The van der Waals surface area contributed by atoms with Gasteiger partial charge in [-0.1, -0.05) is 219 Å². The zero-order valence-corrected chi connectivity index (χ0v) is 42.7. The van der Waals surface area contributed by atoms with Crippen molar-refractivity contribution < 1.29 is 23.8 Å². The van der Waals surface area contributed by atoms with E-state index >= 15 is 0 Å². The van der Waals surface area contributed by atoms with Crippen molar-refractivity contribution in [1.82, 2.24) is 0 Å². The van der Waals surface area contributed by atoms with Gasteiger partial charge in [0.25, 0.3) is 0 Å². The Labute approximate surface area is 407 Å². The molecule has 0 N–H and O–H groups in total. The molecule has 0 rings (SSSR count). The lowest BCUT2D eigenvalue weighted by Crippen LogP contribution is -2.30. The predicted octanol–water partition coefficient (Wildman–Crippen LogP) is 18.3. The van der Waals surface area contributed by atoms with Crippen LogP contribution in [0.2, 0.25) is 0 Å². The Morgan fingerprint density at radius 1 is 0.364 bits per heavy atom. The highest BCUT2D eigenvalue weighted by atomic mass is 16.6. The molecule has 0 aliphatic carbocycles. The SMILES string of the molecule is CC/C=C\C/C=C\C/C=C\C/C=C\C/C=C\CC(=O)OCC(COCCCCCCCCC/C=C\C/C=C\C/C=C\CCCCC)OC(=O)CCCCCCC/C=C\C/C=C\C/C=C\CC. The molecular weight excluding hydrogens is 813 g/mol. The second kappa shape index (κ2) is 55.4. The van der Waals surface area contributed by atoms with Crippen LogP contribution in [0.3, 0.4) is 0 Å². The number of ether oxygens (including phenoxy) is 3. The largest absolute Gasteiger partial charge is 0.461 e. The standard InChI is InChI=1S/C61H98O5/c1-4-7-10-13-16-19-22-25-28-29-30-31-32-35-38-41-44-47-50-53-56-64-57-59(66-61(63)55-52-49-46-43-40-37-34-27-24-21-18-15-12-9-6-3)58-65-60(62)54-51-48-45-42-39-36-33-26-23-20-17-14-11-8-5-2/h8-9,11-12,16-21,25-28,30-31,33-34,39,42,48,51,59H,4-7,10,13-15,22-24,29,32,35-38,40-41,43-47,49-50,52-58H2,1-3H3/b11-8-,12-9-,19-16-,20-17-,21-18-,28-25-,31-30-,33-26-,34-27-,42-39-,51-48-. The third kappa shape index (κ3) is 52.7. The van der Waals surface area contributed by atoms with Gasteiger partial charge in [0.2, 0.25) is 0 Å². The highest BCUT2D eigenvalue weighted by Gasteiger charge is 2.17. The van der Waals surface area contributed by atoms with Crippen LogP contribution in [0, 0.1) is 0 Å². The van der Waals surface area contributed by atoms with E-state index in [-0.39, 0.29) is 31.6 Å². The predicted molar refractivity (Wildman–Crippen MR) is 288 cm³/mol. The molecule has 1 unspecified atom stereocenters. The fourth-order valence-electron chi connectivity index (χ4n) is 6.78. The maximum atomic E-state index is 12.8. The summed E-state index contributed by atoms with van der Waals surface area (Å²) in [4.78, 5) is 25.4. The van der Waals surface area contributed by atoms with Crippen molar-refractivity contribution in [3.63, 3.8) is 0 Å². The third-order valence-corrected chi connectivity index (χ3v) is 10.7. The van der Waals surface area contributed by atoms with Crippen LogP contribution < -0.4 is 0 Å². The van der Waals surface area contributed by atoms with E-state index in [0.29, 0.717) is 13.0 Å². The number of hydrogen-bond acceptors (Lipinski definition) is 5. The topological polar surface area (TPSA) is 61.8 Å². The van der Waals surface area contributed by atoms with Gasteiger partial charge < -0.3 is 14.2 Å². The molecule has 0 aromatic carbocycles. The number of rotatable bonds is 47. The summed E-state index contributed by atoms with van der Waals surface area (Å²) in [5.74, 6) is -0.578. The third-order valence-electron chi connectivity index (χ3n) is 10.7. The second-order valence-corrected chi connectivity index (χ2v) is 17.0. The first-order chi connectivity index (χ1) is 32.6. The highest BCUT2D eigenvalue weighted by Crippen LogP contribution is 2.12. The van der Waals surface area contributed by atoms with Gasteiger partial charge in [-0.2, -0.15) is 0 Å². The van der Waals surface area contributed by atoms with E-state index in [0.717, 1.165) is 116 Å². The van der Waals surface area contributed by atoms with Gasteiger partial charge in [0, 0.05) is 13.0 Å². The maximum Gasteiger partial charge on any atom is 0.309 e. The number of carbonyl (C=O) groups excluding carboxylic acids is 2. The molecule has 0 bridgehead atoms. The van der Waals surface area contributed by atoms with E-state index < -0.39 is 6.10 Å². The highest BCUT2D eigenvalue weighted by molar-refractivity contribution is 5.71. The molecule has 1 atom stereocenters. The summed E-state index contributed by atoms with van der Waals surface area (Å²) in [5.41, 5.74) is 0. The van der Waals surface area contributed by atoms with Gasteiger partial charge in [-0.25, -0.2) is 0 Å². The summed E-state index contributed by atoms with van der Waals surface area (Å²) in [5, 5.41) is 0. The van der Waals surface area contributed by atoms with E-state index in [1.807, 2.05) is 12.2 Å². The molecule has 0 fully saturated rings. The van der Waals surface area contributed by atoms with Gasteiger partial charge in [-0.3, -0.25) is 9.59 Å². The van der Waals surface area contributed by atoms with Crippen molar-refractivity contribution >= 4 is 11.9 Å². The van der Waals surface area contributed by atoms with Crippen molar-refractivity contribution in [3.8, 4) is 0 Å². The van der Waals surface area contributed by atoms with E-state index in [4.69, 9.17) is 14.2 Å². The molecule has 0 saturated heterocycles. The van der Waals surface area contributed by atoms with Crippen molar-refractivity contribution in [2.24, 2.45) is 0 Å². The molecule has 0 aliphatic heterocycles. The average Bonchev–Trinajstić information content (AvgIpc) is 3.32. The Balaban J connectivity index is 4.45.